The number of halogens is 1. The number of nitrogens with zero attached hydrogens (tertiary/aromatic N) is 1. The van der Waals surface area contributed by atoms with E-state index in [1.54, 1.807) is 11.3 Å². The molecule has 0 saturated heterocycles. The summed E-state index contributed by atoms with van der Waals surface area (Å²) in [6.45, 7) is 4.29. The first-order valence-corrected chi connectivity index (χ1v) is 7.58. The lowest BCUT2D eigenvalue weighted by Gasteiger charge is -2.09. The summed E-state index contributed by atoms with van der Waals surface area (Å²) in [5.74, 6) is 0.484. The van der Waals surface area contributed by atoms with Crippen molar-refractivity contribution in [2.45, 2.75) is 45.1 Å². The molecule has 18 heavy (non-hydrogen) atoms. The molecule has 1 heterocycles. The lowest BCUT2D eigenvalue weighted by Crippen LogP contribution is -2.14. The normalized spacial score (nSPS) is 14.9. The van der Waals surface area contributed by atoms with Crippen molar-refractivity contribution in [1.29, 1.82) is 0 Å². The van der Waals surface area contributed by atoms with Crippen LogP contribution >= 0.6 is 22.9 Å². The summed E-state index contributed by atoms with van der Waals surface area (Å²) in [4.78, 5) is 4.67. The van der Waals surface area contributed by atoms with E-state index >= 15 is 0 Å². The van der Waals surface area contributed by atoms with Crippen molar-refractivity contribution in [2.24, 2.45) is 5.73 Å². The van der Waals surface area contributed by atoms with Gasteiger partial charge in [-0.2, -0.15) is 0 Å². The highest BCUT2D eigenvalue weighted by Gasteiger charge is 2.13. The van der Waals surface area contributed by atoms with Crippen LogP contribution < -0.4 is 5.73 Å². The van der Waals surface area contributed by atoms with E-state index in [-0.39, 0.29) is 0 Å². The summed E-state index contributed by atoms with van der Waals surface area (Å²) in [6.07, 6.45) is 3.37. The number of rotatable bonds is 5. The zero-order chi connectivity index (χ0) is 13.1. The minimum absolute atomic E-state index is 0.294. The van der Waals surface area contributed by atoms with Crippen LogP contribution in [0.25, 0.3) is 10.2 Å². The summed E-state index contributed by atoms with van der Waals surface area (Å²) >= 11 is 7.89. The molecule has 0 aliphatic carbocycles. The molecule has 0 aliphatic rings. The number of aromatic nitrogens is 1. The maximum atomic E-state index is 6.17. The van der Waals surface area contributed by atoms with Crippen LogP contribution in [-0.4, -0.2) is 11.0 Å². The summed E-state index contributed by atoms with van der Waals surface area (Å²) < 4.78 is 1.10. The van der Waals surface area contributed by atoms with E-state index in [0.29, 0.717) is 12.0 Å². The van der Waals surface area contributed by atoms with Crippen LogP contribution in [0, 0.1) is 0 Å². The summed E-state index contributed by atoms with van der Waals surface area (Å²) in [6, 6.07) is 6.19. The van der Waals surface area contributed by atoms with Crippen LogP contribution in [-0.2, 0) is 0 Å². The van der Waals surface area contributed by atoms with E-state index in [1.165, 1.54) is 5.01 Å². The van der Waals surface area contributed by atoms with E-state index < -0.39 is 0 Å². The molecular weight excluding hydrogens is 264 g/mol. The van der Waals surface area contributed by atoms with Crippen molar-refractivity contribution in [2.75, 3.05) is 0 Å². The van der Waals surface area contributed by atoms with Crippen molar-refractivity contribution in [1.82, 2.24) is 4.98 Å². The van der Waals surface area contributed by atoms with Crippen LogP contribution in [0.1, 0.15) is 44.0 Å². The molecule has 98 valence electrons. The average Bonchev–Trinajstić information content (AvgIpc) is 2.74. The van der Waals surface area contributed by atoms with Gasteiger partial charge >= 0.3 is 0 Å². The molecule has 0 spiro atoms. The van der Waals surface area contributed by atoms with Gasteiger partial charge in [-0.3, -0.25) is 0 Å². The van der Waals surface area contributed by atoms with Crippen LogP contribution in [0.5, 0.6) is 0 Å². The Morgan fingerprint density at radius 1 is 1.33 bits per heavy atom. The van der Waals surface area contributed by atoms with Crippen molar-refractivity contribution in [3.63, 3.8) is 0 Å². The molecule has 2 unspecified atom stereocenters. The van der Waals surface area contributed by atoms with E-state index in [4.69, 9.17) is 17.3 Å². The van der Waals surface area contributed by atoms with Gasteiger partial charge in [0.15, 0.2) is 0 Å². The number of hydrogen-bond donors (Lipinski definition) is 1. The van der Waals surface area contributed by atoms with E-state index in [2.05, 4.69) is 18.8 Å². The fourth-order valence-electron chi connectivity index (χ4n) is 2.01. The predicted octanol–water partition coefficient (Wildman–Crippen LogP) is 4.57. The van der Waals surface area contributed by atoms with E-state index in [0.717, 1.165) is 34.5 Å². The van der Waals surface area contributed by atoms with Gasteiger partial charge in [-0.1, -0.05) is 31.0 Å². The molecule has 2 atom stereocenters. The smallest absolute Gasteiger partial charge is 0.0967 e. The Bertz CT molecular complexity index is 521. The van der Waals surface area contributed by atoms with Gasteiger partial charge < -0.3 is 5.73 Å². The number of benzene rings is 1. The van der Waals surface area contributed by atoms with Gasteiger partial charge in [0.1, 0.15) is 0 Å². The molecule has 0 aliphatic heterocycles. The number of nitrogens with two attached hydrogens (primary N) is 1. The van der Waals surface area contributed by atoms with Gasteiger partial charge in [0, 0.05) is 12.0 Å². The zero-order valence-corrected chi connectivity index (χ0v) is 12.4. The fourth-order valence-corrected chi connectivity index (χ4v) is 3.35. The van der Waals surface area contributed by atoms with Gasteiger partial charge in [-0.05, 0) is 31.9 Å². The number of fused-ring (bicyclic) bond motifs is 1. The number of hydrogen-bond acceptors (Lipinski definition) is 3. The molecule has 1 aromatic carbocycles. The van der Waals surface area contributed by atoms with Crippen LogP contribution in [0.4, 0.5) is 0 Å². The quantitative estimate of drug-likeness (QED) is 0.872. The highest BCUT2D eigenvalue weighted by molar-refractivity contribution is 7.19. The second-order valence-corrected chi connectivity index (χ2v) is 6.39. The first-order chi connectivity index (χ1) is 8.58. The van der Waals surface area contributed by atoms with Gasteiger partial charge in [-0.15, -0.1) is 11.3 Å². The maximum absolute atomic E-state index is 6.17. The van der Waals surface area contributed by atoms with Crippen LogP contribution in [0.15, 0.2) is 18.2 Å². The third-order valence-electron chi connectivity index (χ3n) is 3.10. The highest BCUT2D eigenvalue weighted by atomic mass is 35.5. The molecule has 1 aromatic heterocycles. The molecule has 0 bridgehead atoms. The Morgan fingerprint density at radius 2 is 2.11 bits per heavy atom. The average molecular weight is 283 g/mol. The standard InChI is InChI=1S/C14H19ClN2S/c1-9(5-3-6-10(2)16)14-17-12-8-4-7-11(15)13(12)18-14/h4,7-10H,3,5-6,16H2,1-2H3. The fraction of sp³-hybridized carbons (Fsp3) is 0.500. The van der Waals surface area contributed by atoms with Gasteiger partial charge in [0.05, 0.1) is 20.2 Å². The van der Waals surface area contributed by atoms with Crippen molar-refractivity contribution >= 4 is 33.2 Å². The third-order valence-corrected chi connectivity index (χ3v) is 4.86. The van der Waals surface area contributed by atoms with Gasteiger partial charge in [0.2, 0.25) is 0 Å². The molecule has 2 N–H and O–H groups in total. The Hall–Kier alpha value is -0.640. The molecule has 0 fully saturated rings. The summed E-state index contributed by atoms with van der Waals surface area (Å²) in [5, 5.41) is 1.99. The third kappa shape index (κ3) is 3.22. The zero-order valence-electron chi connectivity index (χ0n) is 10.8. The van der Waals surface area contributed by atoms with Crippen LogP contribution in [0.3, 0.4) is 0 Å². The molecule has 2 rings (SSSR count). The van der Waals surface area contributed by atoms with Crippen LogP contribution in [0.2, 0.25) is 5.02 Å². The minimum atomic E-state index is 0.294. The molecular formula is C14H19ClN2S. The van der Waals surface area contributed by atoms with E-state index in [1.807, 2.05) is 18.2 Å². The Balaban J connectivity index is 2.08. The Kier molecular flexibility index (Phi) is 4.60. The lowest BCUT2D eigenvalue weighted by molar-refractivity contribution is 0.556. The van der Waals surface area contributed by atoms with Gasteiger partial charge in [0.25, 0.3) is 0 Å². The predicted molar refractivity (Wildman–Crippen MR) is 80.5 cm³/mol. The molecule has 4 heteroatoms. The number of thiazole rings is 1. The first kappa shape index (κ1) is 13.8. The molecule has 0 saturated carbocycles. The monoisotopic (exact) mass is 282 g/mol. The van der Waals surface area contributed by atoms with Crippen molar-refractivity contribution in [3.8, 4) is 0 Å². The molecule has 0 radical (unpaired) electrons. The highest BCUT2D eigenvalue weighted by Crippen LogP contribution is 2.34. The Morgan fingerprint density at radius 3 is 2.78 bits per heavy atom. The topological polar surface area (TPSA) is 38.9 Å². The summed E-state index contributed by atoms with van der Waals surface area (Å²) in [5.41, 5.74) is 6.78. The second kappa shape index (κ2) is 6.00. The Labute approximate surface area is 117 Å². The summed E-state index contributed by atoms with van der Waals surface area (Å²) in [7, 11) is 0. The first-order valence-electron chi connectivity index (χ1n) is 6.38. The second-order valence-electron chi connectivity index (χ2n) is 4.95. The minimum Gasteiger partial charge on any atom is -0.328 e. The van der Waals surface area contributed by atoms with Crippen molar-refractivity contribution < 1.29 is 0 Å². The largest absolute Gasteiger partial charge is 0.328 e. The molecule has 2 nitrogen and oxygen atoms in total. The molecule has 2 aromatic rings. The van der Waals surface area contributed by atoms with Gasteiger partial charge in [-0.25, -0.2) is 4.98 Å². The lowest BCUT2D eigenvalue weighted by atomic mass is 10.0. The van der Waals surface area contributed by atoms with E-state index in [9.17, 15) is 0 Å². The maximum Gasteiger partial charge on any atom is 0.0967 e. The van der Waals surface area contributed by atoms with Crippen molar-refractivity contribution in [3.05, 3.63) is 28.2 Å². The molecule has 0 amide bonds. The SMILES string of the molecule is CC(N)CCCC(C)c1nc2cccc(Cl)c2s1.